The number of halogens is 3. The number of alkyl halides is 3. The molecule has 0 saturated carbocycles. The quantitative estimate of drug-likeness (QED) is 0.496. The smallest absolute Gasteiger partial charge is 0.271 e. The largest absolute Gasteiger partial charge is 0.389 e. The van der Waals surface area contributed by atoms with E-state index in [1.165, 1.54) is 0 Å². The summed E-state index contributed by atoms with van der Waals surface area (Å²) < 4.78 is 34.9. The number of nitrogens with two attached hydrogens (primary N) is 1. The van der Waals surface area contributed by atoms with Gasteiger partial charge in [-0.15, -0.1) is 0 Å². The van der Waals surface area contributed by atoms with Gasteiger partial charge in [0.1, 0.15) is 0 Å². The van der Waals surface area contributed by atoms with Gasteiger partial charge in [0.2, 0.25) is 0 Å². The Balaban J connectivity index is 3.51. The Morgan fingerprint density at radius 2 is 2.00 bits per heavy atom. The van der Waals surface area contributed by atoms with E-state index in [9.17, 15) is 13.2 Å². The molecular formula is C6H13F3N2. The first-order valence-corrected chi connectivity index (χ1v) is 3.52. The molecule has 0 spiro atoms. The van der Waals surface area contributed by atoms with Crippen LogP contribution < -0.4 is 11.3 Å². The van der Waals surface area contributed by atoms with Crippen molar-refractivity contribution in [3.8, 4) is 0 Å². The van der Waals surface area contributed by atoms with Gasteiger partial charge >= 0.3 is 6.18 Å². The summed E-state index contributed by atoms with van der Waals surface area (Å²) >= 11 is 0. The van der Waals surface area contributed by atoms with Crippen LogP contribution in [-0.4, -0.2) is 12.2 Å². The van der Waals surface area contributed by atoms with Crippen molar-refractivity contribution in [2.45, 2.75) is 38.4 Å². The molecule has 0 bridgehead atoms. The standard InChI is InChI=1S/C6H13F3N2/c1-2-5(11-10)3-4-6(7,8)9/h5,11H,2-4,10H2,1H3. The van der Waals surface area contributed by atoms with Crippen molar-refractivity contribution in [2.24, 2.45) is 5.84 Å². The van der Waals surface area contributed by atoms with Crippen molar-refractivity contribution in [3.05, 3.63) is 0 Å². The molecule has 0 aromatic carbocycles. The van der Waals surface area contributed by atoms with Gasteiger partial charge in [0.15, 0.2) is 0 Å². The second-order valence-electron chi connectivity index (χ2n) is 2.43. The van der Waals surface area contributed by atoms with Crippen molar-refractivity contribution in [1.82, 2.24) is 5.43 Å². The molecule has 0 aliphatic carbocycles. The summed E-state index contributed by atoms with van der Waals surface area (Å²) in [7, 11) is 0. The Labute approximate surface area is 63.9 Å². The monoisotopic (exact) mass is 170 g/mol. The third kappa shape index (κ3) is 6.12. The molecule has 0 aromatic heterocycles. The molecular weight excluding hydrogens is 157 g/mol. The molecule has 0 fully saturated rings. The second kappa shape index (κ2) is 4.56. The summed E-state index contributed by atoms with van der Waals surface area (Å²) in [5, 5.41) is 0. The zero-order valence-electron chi connectivity index (χ0n) is 6.41. The first kappa shape index (κ1) is 10.7. The highest BCUT2D eigenvalue weighted by Crippen LogP contribution is 2.22. The molecule has 0 aliphatic rings. The number of rotatable bonds is 4. The van der Waals surface area contributed by atoms with Crippen LogP contribution in [0.1, 0.15) is 26.2 Å². The van der Waals surface area contributed by atoms with Crippen molar-refractivity contribution >= 4 is 0 Å². The van der Waals surface area contributed by atoms with Gasteiger partial charge in [-0.05, 0) is 12.8 Å². The lowest BCUT2D eigenvalue weighted by molar-refractivity contribution is -0.136. The summed E-state index contributed by atoms with van der Waals surface area (Å²) in [4.78, 5) is 0. The van der Waals surface area contributed by atoms with Crippen LogP contribution in [0.5, 0.6) is 0 Å². The molecule has 0 aromatic rings. The van der Waals surface area contributed by atoms with Gasteiger partial charge in [-0.2, -0.15) is 13.2 Å². The zero-order chi connectivity index (χ0) is 8.91. The number of hydrogen-bond donors (Lipinski definition) is 2. The summed E-state index contributed by atoms with van der Waals surface area (Å²) in [6, 6.07) is -0.225. The van der Waals surface area contributed by atoms with Gasteiger partial charge in [0.05, 0.1) is 0 Å². The molecule has 0 heterocycles. The number of hydrogen-bond acceptors (Lipinski definition) is 2. The van der Waals surface area contributed by atoms with E-state index in [4.69, 9.17) is 5.84 Å². The Bertz CT molecular complexity index is 98.5. The molecule has 1 atom stereocenters. The minimum absolute atomic E-state index is 0.0521. The fourth-order valence-corrected chi connectivity index (χ4v) is 0.743. The van der Waals surface area contributed by atoms with Crippen LogP contribution in [0.2, 0.25) is 0 Å². The first-order chi connectivity index (χ1) is 4.99. The van der Waals surface area contributed by atoms with Crippen LogP contribution in [0.15, 0.2) is 0 Å². The SMILES string of the molecule is CCC(CCC(F)(F)F)NN. The molecule has 0 amide bonds. The van der Waals surface area contributed by atoms with Crippen LogP contribution >= 0.6 is 0 Å². The van der Waals surface area contributed by atoms with Gasteiger partial charge in [-0.3, -0.25) is 11.3 Å². The lowest BCUT2D eigenvalue weighted by Gasteiger charge is -2.14. The van der Waals surface area contributed by atoms with Crippen molar-refractivity contribution in [3.63, 3.8) is 0 Å². The van der Waals surface area contributed by atoms with Crippen LogP contribution in [-0.2, 0) is 0 Å². The van der Waals surface area contributed by atoms with Gasteiger partial charge in [-0.1, -0.05) is 6.92 Å². The average molecular weight is 170 g/mol. The molecule has 0 aliphatic heterocycles. The normalized spacial score (nSPS) is 15.0. The van der Waals surface area contributed by atoms with Crippen LogP contribution in [0, 0.1) is 0 Å². The summed E-state index contributed by atoms with van der Waals surface area (Å²) in [6.07, 6.45) is -4.16. The maximum absolute atomic E-state index is 11.6. The highest BCUT2D eigenvalue weighted by molar-refractivity contribution is 4.63. The highest BCUT2D eigenvalue weighted by Gasteiger charge is 2.27. The fraction of sp³-hybridized carbons (Fsp3) is 1.00. The van der Waals surface area contributed by atoms with Gasteiger partial charge in [0, 0.05) is 12.5 Å². The summed E-state index contributed by atoms with van der Waals surface area (Å²) in [5.74, 6) is 5.00. The molecule has 5 heteroatoms. The van der Waals surface area contributed by atoms with E-state index in [1.807, 2.05) is 0 Å². The highest BCUT2D eigenvalue weighted by atomic mass is 19.4. The van der Waals surface area contributed by atoms with E-state index in [1.54, 1.807) is 6.92 Å². The molecule has 3 N–H and O–H groups in total. The van der Waals surface area contributed by atoms with E-state index >= 15 is 0 Å². The van der Waals surface area contributed by atoms with E-state index in [0.717, 1.165) is 0 Å². The predicted molar refractivity (Wildman–Crippen MR) is 36.7 cm³/mol. The maximum Gasteiger partial charge on any atom is 0.389 e. The molecule has 0 rings (SSSR count). The minimum atomic E-state index is -4.07. The predicted octanol–water partition coefficient (Wildman–Crippen LogP) is 1.57. The van der Waals surface area contributed by atoms with Gasteiger partial charge in [0.25, 0.3) is 0 Å². The lowest BCUT2D eigenvalue weighted by atomic mass is 10.1. The average Bonchev–Trinajstić information content (AvgIpc) is 1.88. The number of nitrogens with one attached hydrogen (secondary N) is 1. The van der Waals surface area contributed by atoms with Crippen molar-refractivity contribution in [1.29, 1.82) is 0 Å². The molecule has 0 saturated heterocycles. The zero-order valence-corrected chi connectivity index (χ0v) is 6.41. The molecule has 2 nitrogen and oxygen atoms in total. The first-order valence-electron chi connectivity index (χ1n) is 3.52. The Morgan fingerprint density at radius 1 is 1.45 bits per heavy atom. The van der Waals surface area contributed by atoms with Crippen LogP contribution in [0.3, 0.4) is 0 Å². The fourth-order valence-electron chi connectivity index (χ4n) is 0.743. The third-order valence-corrected chi connectivity index (χ3v) is 1.50. The number of hydrazine groups is 1. The molecule has 1 unspecified atom stereocenters. The lowest BCUT2D eigenvalue weighted by Crippen LogP contribution is -2.35. The molecule has 68 valence electrons. The Hall–Kier alpha value is -0.290. The summed E-state index contributed by atoms with van der Waals surface area (Å²) in [5.41, 5.74) is 2.32. The Morgan fingerprint density at radius 3 is 2.27 bits per heavy atom. The van der Waals surface area contributed by atoms with Crippen molar-refractivity contribution in [2.75, 3.05) is 0 Å². The topological polar surface area (TPSA) is 38.0 Å². The molecule has 0 radical (unpaired) electrons. The van der Waals surface area contributed by atoms with Crippen molar-refractivity contribution < 1.29 is 13.2 Å². The Kier molecular flexibility index (Phi) is 4.44. The maximum atomic E-state index is 11.6. The van der Waals surface area contributed by atoms with E-state index in [0.29, 0.717) is 6.42 Å². The van der Waals surface area contributed by atoms with Crippen LogP contribution in [0.25, 0.3) is 0 Å². The van der Waals surface area contributed by atoms with Gasteiger partial charge in [-0.25, -0.2) is 0 Å². The van der Waals surface area contributed by atoms with E-state index < -0.39 is 12.6 Å². The van der Waals surface area contributed by atoms with Crippen LogP contribution in [0.4, 0.5) is 13.2 Å². The summed E-state index contributed by atoms with van der Waals surface area (Å²) in [6.45, 7) is 1.79. The molecule has 11 heavy (non-hydrogen) atoms. The minimum Gasteiger partial charge on any atom is -0.271 e. The van der Waals surface area contributed by atoms with E-state index in [-0.39, 0.29) is 12.5 Å². The second-order valence-corrected chi connectivity index (χ2v) is 2.43. The van der Waals surface area contributed by atoms with Gasteiger partial charge < -0.3 is 0 Å². The van der Waals surface area contributed by atoms with E-state index in [2.05, 4.69) is 5.43 Å². The third-order valence-electron chi connectivity index (χ3n) is 1.50.